The van der Waals surface area contributed by atoms with Crippen LogP contribution in [0.2, 0.25) is 0 Å². The molecule has 0 atom stereocenters. The van der Waals surface area contributed by atoms with Crippen molar-refractivity contribution in [3.63, 3.8) is 0 Å². The van der Waals surface area contributed by atoms with Gasteiger partial charge in [0.2, 0.25) is 11.7 Å². The maximum absolute atomic E-state index is 11.9. The lowest BCUT2D eigenvalue weighted by Gasteiger charge is -2.06. The van der Waals surface area contributed by atoms with Gasteiger partial charge in [-0.25, -0.2) is 4.98 Å². The zero-order valence-corrected chi connectivity index (χ0v) is 11.8. The topological polar surface area (TPSA) is 73.8 Å². The van der Waals surface area contributed by atoms with E-state index in [2.05, 4.69) is 15.1 Å². The fourth-order valence-corrected chi connectivity index (χ4v) is 2.46. The molecule has 0 radical (unpaired) electrons. The molecule has 0 bridgehead atoms. The van der Waals surface area contributed by atoms with Crippen LogP contribution in [0.3, 0.4) is 0 Å². The molecule has 0 spiro atoms. The van der Waals surface area contributed by atoms with Crippen LogP contribution in [0.1, 0.15) is 30.3 Å². The monoisotopic (exact) mass is 282 g/mol. The molecule has 6 heteroatoms. The second-order valence-corrected chi connectivity index (χ2v) is 5.50. The molecule has 2 heterocycles. The van der Waals surface area contributed by atoms with E-state index in [4.69, 9.17) is 4.52 Å². The Morgan fingerprint density at radius 2 is 2.10 bits per heavy atom. The van der Waals surface area contributed by atoms with Crippen LogP contribution in [-0.4, -0.2) is 19.7 Å². The largest absolute Gasteiger partial charge is 0.339 e. The minimum Gasteiger partial charge on any atom is -0.339 e. The van der Waals surface area contributed by atoms with Crippen LogP contribution in [0.4, 0.5) is 0 Å². The van der Waals surface area contributed by atoms with Gasteiger partial charge in [-0.2, -0.15) is 4.98 Å². The highest BCUT2D eigenvalue weighted by Crippen LogP contribution is 2.39. The van der Waals surface area contributed by atoms with Gasteiger partial charge in [0, 0.05) is 18.5 Å². The van der Waals surface area contributed by atoms with Crippen molar-refractivity contribution in [1.29, 1.82) is 0 Å². The summed E-state index contributed by atoms with van der Waals surface area (Å²) in [7, 11) is 1.75. The van der Waals surface area contributed by atoms with Crippen LogP contribution in [0.5, 0.6) is 0 Å². The van der Waals surface area contributed by atoms with E-state index in [-0.39, 0.29) is 5.56 Å². The SMILES string of the molecule is Cc1nc2cc(-c3noc(C4CC4)n3)ccc2n(C)c1=O. The molecule has 6 nitrogen and oxygen atoms in total. The van der Waals surface area contributed by atoms with Crippen molar-refractivity contribution in [3.05, 3.63) is 40.1 Å². The van der Waals surface area contributed by atoms with Gasteiger partial charge in [-0.1, -0.05) is 5.16 Å². The molecule has 106 valence electrons. The normalized spacial score (nSPS) is 14.8. The molecular formula is C15H14N4O2. The average molecular weight is 282 g/mol. The molecule has 4 rings (SSSR count). The summed E-state index contributed by atoms with van der Waals surface area (Å²) in [5, 5.41) is 4.03. The Morgan fingerprint density at radius 3 is 2.86 bits per heavy atom. The number of aryl methyl sites for hydroxylation is 2. The van der Waals surface area contributed by atoms with Crippen molar-refractivity contribution < 1.29 is 4.52 Å². The molecule has 1 aliphatic rings. The maximum Gasteiger partial charge on any atom is 0.272 e. The molecule has 1 aliphatic carbocycles. The summed E-state index contributed by atoms with van der Waals surface area (Å²) in [6, 6.07) is 5.65. The predicted molar refractivity (Wildman–Crippen MR) is 77.0 cm³/mol. The summed E-state index contributed by atoms with van der Waals surface area (Å²) in [5.74, 6) is 1.73. The van der Waals surface area contributed by atoms with Crippen LogP contribution in [0.15, 0.2) is 27.5 Å². The summed E-state index contributed by atoms with van der Waals surface area (Å²) in [6.45, 7) is 1.72. The summed E-state index contributed by atoms with van der Waals surface area (Å²) >= 11 is 0. The molecule has 1 saturated carbocycles. The molecule has 0 amide bonds. The van der Waals surface area contributed by atoms with Gasteiger partial charge in [0.05, 0.1) is 11.0 Å². The molecule has 3 aromatic rings. The van der Waals surface area contributed by atoms with Crippen molar-refractivity contribution >= 4 is 11.0 Å². The summed E-state index contributed by atoms with van der Waals surface area (Å²) < 4.78 is 6.89. The first-order valence-electron chi connectivity index (χ1n) is 6.95. The van der Waals surface area contributed by atoms with Gasteiger partial charge < -0.3 is 9.09 Å². The van der Waals surface area contributed by atoms with E-state index in [9.17, 15) is 4.79 Å². The number of nitrogens with zero attached hydrogens (tertiary/aromatic N) is 4. The molecule has 2 aromatic heterocycles. The van der Waals surface area contributed by atoms with Gasteiger partial charge >= 0.3 is 0 Å². The number of hydrogen-bond donors (Lipinski definition) is 0. The highest BCUT2D eigenvalue weighted by Gasteiger charge is 2.29. The summed E-state index contributed by atoms with van der Waals surface area (Å²) in [4.78, 5) is 20.7. The zero-order valence-electron chi connectivity index (χ0n) is 11.8. The molecule has 0 N–H and O–H groups in total. The first-order valence-corrected chi connectivity index (χ1v) is 6.95. The average Bonchev–Trinajstić information content (AvgIpc) is 3.22. The van der Waals surface area contributed by atoms with Gasteiger partial charge in [-0.15, -0.1) is 0 Å². The Kier molecular flexibility index (Phi) is 2.48. The number of rotatable bonds is 2. The highest BCUT2D eigenvalue weighted by atomic mass is 16.5. The minimum absolute atomic E-state index is 0.0779. The third-order valence-electron chi connectivity index (χ3n) is 3.87. The second kappa shape index (κ2) is 4.25. The Morgan fingerprint density at radius 1 is 1.29 bits per heavy atom. The van der Waals surface area contributed by atoms with Crippen LogP contribution in [-0.2, 0) is 7.05 Å². The smallest absolute Gasteiger partial charge is 0.272 e. The first-order chi connectivity index (χ1) is 10.1. The third kappa shape index (κ3) is 1.94. The Hall–Kier alpha value is -2.50. The quantitative estimate of drug-likeness (QED) is 0.720. The molecular weight excluding hydrogens is 268 g/mol. The van der Waals surface area contributed by atoms with E-state index in [0.717, 1.165) is 35.3 Å². The Labute approximate surface area is 120 Å². The summed E-state index contributed by atoms with van der Waals surface area (Å²) in [5.41, 5.74) is 2.80. The van der Waals surface area contributed by atoms with Crippen LogP contribution in [0.25, 0.3) is 22.4 Å². The third-order valence-corrected chi connectivity index (χ3v) is 3.87. The van der Waals surface area contributed by atoms with Gasteiger partial charge in [0.1, 0.15) is 5.69 Å². The molecule has 0 saturated heterocycles. The van der Waals surface area contributed by atoms with Gasteiger partial charge in [-0.3, -0.25) is 4.79 Å². The summed E-state index contributed by atoms with van der Waals surface area (Å²) in [6.07, 6.45) is 2.25. The van der Waals surface area contributed by atoms with Gasteiger partial charge in [0.25, 0.3) is 5.56 Å². The van der Waals surface area contributed by atoms with Crippen LogP contribution >= 0.6 is 0 Å². The lowest BCUT2D eigenvalue weighted by Crippen LogP contribution is -2.21. The van der Waals surface area contributed by atoms with Crippen molar-refractivity contribution in [1.82, 2.24) is 19.7 Å². The van der Waals surface area contributed by atoms with Crippen LogP contribution in [0, 0.1) is 6.92 Å². The van der Waals surface area contributed by atoms with Crippen molar-refractivity contribution in [2.75, 3.05) is 0 Å². The van der Waals surface area contributed by atoms with E-state index in [1.54, 1.807) is 18.5 Å². The fraction of sp³-hybridized carbons (Fsp3) is 0.333. The molecule has 21 heavy (non-hydrogen) atoms. The van der Waals surface area contributed by atoms with E-state index in [1.807, 2.05) is 18.2 Å². The van der Waals surface area contributed by atoms with E-state index in [0.29, 0.717) is 17.4 Å². The van der Waals surface area contributed by atoms with Crippen molar-refractivity contribution in [3.8, 4) is 11.4 Å². The number of benzene rings is 1. The Bertz CT molecular complexity index is 906. The van der Waals surface area contributed by atoms with E-state index >= 15 is 0 Å². The number of fused-ring (bicyclic) bond motifs is 1. The fourth-order valence-electron chi connectivity index (χ4n) is 2.46. The molecule has 0 unspecified atom stereocenters. The van der Waals surface area contributed by atoms with Gasteiger partial charge in [0.15, 0.2) is 0 Å². The number of hydrogen-bond acceptors (Lipinski definition) is 5. The first kappa shape index (κ1) is 12.3. The van der Waals surface area contributed by atoms with Crippen molar-refractivity contribution in [2.45, 2.75) is 25.7 Å². The van der Waals surface area contributed by atoms with E-state index in [1.165, 1.54) is 0 Å². The van der Waals surface area contributed by atoms with Crippen LogP contribution < -0.4 is 5.56 Å². The molecule has 1 aromatic carbocycles. The maximum atomic E-state index is 11.9. The Balaban J connectivity index is 1.85. The lowest BCUT2D eigenvalue weighted by atomic mass is 10.1. The van der Waals surface area contributed by atoms with Crippen molar-refractivity contribution in [2.24, 2.45) is 7.05 Å². The molecule has 0 aliphatic heterocycles. The van der Waals surface area contributed by atoms with E-state index < -0.39 is 0 Å². The number of aromatic nitrogens is 4. The lowest BCUT2D eigenvalue weighted by molar-refractivity contribution is 0.380. The standard InChI is InChI=1S/C15H14N4O2/c1-8-15(20)19(2)12-6-5-10(7-11(12)16-8)13-17-14(21-18-13)9-3-4-9/h5-7,9H,3-4H2,1-2H3. The molecule has 1 fully saturated rings. The minimum atomic E-state index is -0.0779. The van der Waals surface area contributed by atoms with Gasteiger partial charge in [-0.05, 0) is 38.0 Å². The zero-order chi connectivity index (χ0) is 14.6. The second-order valence-electron chi connectivity index (χ2n) is 5.50. The highest BCUT2D eigenvalue weighted by molar-refractivity contribution is 5.80. The predicted octanol–water partition coefficient (Wildman–Crippen LogP) is 2.17.